The van der Waals surface area contributed by atoms with Crippen molar-refractivity contribution in [3.63, 3.8) is 0 Å². The van der Waals surface area contributed by atoms with E-state index < -0.39 is 23.5 Å². The molecule has 1 fully saturated rings. The molecule has 0 aromatic heterocycles. The van der Waals surface area contributed by atoms with Gasteiger partial charge in [0, 0.05) is 12.5 Å². The molecule has 0 aromatic carbocycles. The molecule has 0 heterocycles. The Morgan fingerprint density at radius 1 is 0.933 bits per heavy atom. The molecule has 2 atom stereocenters. The lowest BCUT2D eigenvalue weighted by Gasteiger charge is -2.37. The standard InChI is InChI=1S/C24H40O6/c1-4-7-8-9-10-11-12-13-18-28-22(26)20-15-14-16-24(19-20,30-21(25)6-3)23(27)29-17-5-2/h6,20H,3-5,7-19H2,1-2H3. The fraction of sp³-hybridized carbons (Fsp3) is 0.792. The third-order valence-electron chi connectivity index (χ3n) is 5.56. The second-order valence-corrected chi connectivity index (χ2v) is 8.19. The molecule has 0 amide bonds. The van der Waals surface area contributed by atoms with Gasteiger partial charge in [0.2, 0.25) is 5.60 Å². The molecule has 1 aliphatic carbocycles. The van der Waals surface area contributed by atoms with E-state index in [2.05, 4.69) is 13.5 Å². The van der Waals surface area contributed by atoms with Gasteiger partial charge in [0.05, 0.1) is 19.1 Å². The summed E-state index contributed by atoms with van der Waals surface area (Å²) in [5, 5.41) is 0. The summed E-state index contributed by atoms with van der Waals surface area (Å²) < 4.78 is 16.2. The van der Waals surface area contributed by atoms with Crippen molar-refractivity contribution in [3.8, 4) is 0 Å². The summed E-state index contributed by atoms with van der Waals surface area (Å²) in [4.78, 5) is 37.0. The Hall–Kier alpha value is -1.85. The van der Waals surface area contributed by atoms with Crippen LogP contribution in [0, 0.1) is 5.92 Å². The molecule has 1 aliphatic rings. The number of ether oxygens (including phenoxy) is 3. The van der Waals surface area contributed by atoms with Crippen molar-refractivity contribution in [2.75, 3.05) is 13.2 Å². The summed E-state index contributed by atoms with van der Waals surface area (Å²) in [7, 11) is 0. The number of hydrogen-bond acceptors (Lipinski definition) is 6. The number of rotatable bonds is 15. The zero-order chi connectivity index (χ0) is 22.2. The van der Waals surface area contributed by atoms with Gasteiger partial charge in [-0.3, -0.25) is 4.79 Å². The molecular formula is C24H40O6. The third kappa shape index (κ3) is 9.31. The average molecular weight is 425 g/mol. The van der Waals surface area contributed by atoms with E-state index in [9.17, 15) is 14.4 Å². The van der Waals surface area contributed by atoms with Crippen molar-refractivity contribution in [2.24, 2.45) is 5.92 Å². The fourth-order valence-electron chi connectivity index (χ4n) is 3.84. The molecule has 30 heavy (non-hydrogen) atoms. The van der Waals surface area contributed by atoms with Crippen molar-refractivity contribution in [3.05, 3.63) is 12.7 Å². The minimum Gasteiger partial charge on any atom is -0.465 e. The first kappa shape index (κ1) is 26.2. The number of carbonyl (C=O) groups is 3. The molecule has 2 unspecified atom stereocenters. The summed E-state index contributed by atoms with van der Waals surface area (Å²) in [5.41, 5.74) is -1.43. The van der Waals surface area contributed by atoms with Gasteiger partial charge in [-0.25, -0.2) is 9.59 Å². The highest BCUT2D eigenvalue weighted by atomic mass is 16.6. The normalized spacial score (nSPS) is 20.9. The Bertz CT molecular complexity index is 544. The highest BCUT2D eigenvalue weighted by molar-refractivity contribution is 5.88. The highest BCUT2D eigenvalue weighted by Gasteiger charge is 2.49. The van der Waals surface area contributed by atoms with Crippen LogP contribution in [0.5, 0.6) is 0 Å². The minimum absolute atomic E-state index is 0.103. The van der Waals surface area contributed by atoms with Crippen LogP contribution >= 0.6 is 0 Å². The zero-order valence-electron chi connectivity index (χ0n) is 18.9. The van der Waals surface area contributed by atoms with Crippen LogP contribution < -0.4 is 0 Å². The van der Waals surface area contributed by atoms with Gasteiger partial charge >= 0.3 is 17.9 Å². The highest BCUT2D eigenvalue weighted by Crippen LogP contribution is 2.37. The molecule has 0 N–H and O–H groups in total. The zero-order valence-corrected chi connectivity index (χ0v) is 18.9. The van der Waals surface area contributed by atoms with E-state index >= 15 is 0 Å². The first-order valence-electron chi connectivity index (χ1n) is 11.7. The van der Waals surface area contributed by atoms with Gasteiger partial charge in [0.25, 0.3) is 0 Å². The Morgan fingerprint density at radius 3 is 2.23 bits per heavy atom. The van der Waals surface area contributed by atoms with Gasteiger partial charge in [0.1, 0.15) is 0 Å². The fourth-order valence-corrected chi connectivity index (χ4v) is 3.84. The maximum Gasteiger partial charge on any atom is 0.350 e. The number of carbonyl (C=O) groups excluding carboxylic acids is 3. The lowest BCUT2D eigenvalue weighted by molar-refractivity contribution is -0.188. The van der Waals surface area contributed by atoms with Crippen molar-refractivity contribution in [1.82, 2.24) is 0 Å². The van der Waals surface area contributed by atoms with Crippen LogP contribution in [0.3, 0.4) is 0 Å². The molecule has 0 saturated heterocycles. The monoisotopic (exact) mass is 424 g/mol. The summed E-state index contributed by atoms with van der Waals surface area (Å²) in [6, 6.07) is 0. The number of hydrogen-bond donors (Lipinski definition) is 0. The van der Waals surface area contributed by atoms with Crippen LogP contribution in [0.4, 0.5) is 0 Å². The van der Waals surface area contributed by atoms with Gasteiger partial charge < -0.3 is 14.2 Å². The van der Waals surface area contributed by atoms with Crippen molar-refractivity contribution in [2.45, 2.75) is 103 Å². The molecule has 172 valence electrons. The van der Waals surface area contributed by atoms with Gasteiger partial charge in [-0.1, -0.05) is 65.4 Å². The van der Waals surface area contributed by atoms with Crippen LogP contribution in [0.15, 0.2) is 12.7 Å². The molecule has 0 radical (unpaired) electrons. The van der Waals surface area contributed by atoms with Crippen molar-refractivity contribution in [1.29, 1.82) is 0 Å². The van der Waals surface area contributed by atoms with Crippen molar-refractivity contribution >= 4 is 17.9 Å². The van der Waals surface area contributed by atoms with E-state index in [4.69, 9.17) is 14.2 Å². The molecular weight excluding hydrogens is 384 g/mol. The lowest BCUT2D eigenvalue weighted by atomic mass is 9.77. The predicted molar refractivity (Wildman–Crippen MR) is 116 cm³/mol. The average Bonchev–Trinajstić information content (AvgIpc) is 2.76. The van der Waals surface area contributed by atoms with E-state index in [-0.39, 0.29) is 19.0 Å². The third-order valence-corrected chi connectivity index (χ3v) is 5.56. The molecule has 0 spiro atoms. The van der Waals surface area contributed by atoms with Crippen LogP contribution in [-0.2, 0) is 28.6 Å². The largest absolute Gasteiger partial charge is 0.465 e. The summed E-state index contributed by atoms with van der Waals surface area (Å²) in [6.45, 7) is 8.14. The summed E-state index contributed by atoms with van der Waals surface area (Å²) in [5.74, 6) is -2.06. The van der Waals surface area contributed by atoms with E-state index in [1.54, 1.807) is 0 Å². The molecule has 0 aromatic rings. The molecule has 6 nitrogen and oxygen atoms in total. The maximum atomic E-state index is 12.6. The lowest BCUT2D eigenvalue weighted by Crippen LogP contribution is -2.49. The second kappa shape index (κ2) is 15.0. The molecule has 1 saturated carbocycles. The quantitative estimate of drug-likeness (QED) is 0.154. The topological polar surface area (TPSA) is 78.9 Å². The Morgan fingerprint density at radius 2 is 1.60 bits per heavy atom. The Balaban J connectivity index is 2.48. The maximum absolute atomic E-state index is 12.6. The van der Waals surface area contributed by atoms with Gasteiger partial charge in [0.15, 0.2) is 0 Å². The van der Waals surface area contributed by atoms with E-state index in [1.165, 1.54) is 32.1 Å². The van der Waals surface area contributed by atoms with Crippen LogP contribution in [0.25, 0.3) is 0 Å². The predicted octanol–water partition coefficient (Wildman–Crippen LogP) is 5.28. The summed E-state index contributed by atoms with van der Waals surface area (Å²) >= 11 is 0. The molecule has 0 bridgehead atoms. The van der Waals surface area contributed by atoms with E-state index in [1.807, 2.05) is 6.92 Å². The summed E-state index contributed by atoms with van der Waals surface area (Å²) in [6.07, 6.45) is 12.8. The SMILES string of the molecule is C=CC(=O)OC1(C(=O)OCCC)CCCC(C(=O)OCCCCCCCCCC)C1. The van der Waals surface area contributed by atoms with E-state index in [0.29, 0.717) is 32.3 Å². The smallest absolute Gasteiger partial charge is 0.350 e. The Labute approximate surface area is 181 Å². The number of esters is 3. The van der Waals surface area contributed by atoms with Gasteiger partial charge in [-0.15, -0.1) is 0 Å². The molecule has 6 heteroatoms. The van der Waals surface area contributed by atoms with E-state index in [0.717, 1.165) is 25.3 Å². The van der Waals surface area contributed by atoms with Gasteiger partial charge in [-0.2, -0.15) is 0 Å². The van der Waals surface area contributed by atoms with Crippen LogP contribution in [0.2, 0.25) is 0 Å². The Kier molecular flexibility index (Phi) is 13.1. The molecule has 0 aliphatic heterocycles. The molecule has 1 rings (SSSR count). The first-order chi connectivity index (χ1) is 14.5. The first-order valence-corrected chi connectivity index (χ1v) is 11.7. The second-order valence-electron chi connectivity index (χ2n) is 8.19. The minimum atomic E-state index is -1.43. The van der Waals surface area contributed by atoms with Gasteiger partial charge in [-0.05, 0) is 32.1 Å². The number of unbranched alkanes of at least 4 members (excludes halogenated alkanes) is 7. The van der Waals surface area contributed by atoms with Crippen LogP contribution in [-0.4, -0.2) is 36.7 Å². The van der Waals surface area contributed by atoms with Crippen LogP contribution in [0.1, 0.15) is 97.3 Å². The van der Waals surface area contributed by atoms with Crippen molar-refractivity contribution < 1.29 is 28.6 Å².